The van der Waals surface area contributed by atoms with Crippen LogP contribution in [-0.4, -0.2) is 10.5 Å². The molecular formula is C15H14F4N2O. The Morgan fingerprint density at radius 3 is 2.32 bits per heavy atom. The number of benzene rings is 1. The number of alkyl halides is 3. The lowest BCUT2D eigenvalue weighted by Gasteiger charge is -2.12. The van der Waals surface area contributed by atoms with E-state index < -0.39 is 23.5 Å². The summed E-state index contributed by atoms with van der Waals surface area (Å²) in [6.45, 7) is 3.54. The van der Waals surface area contributed by atoms with Crippen LogP contribution in [0.4, 0.5) is 23.2 Å². The van der Waals surface area contributed by atoms with E-state index in [1.54, 1.807) is 24.6 Å². The first-order valence-corrected chi connectivity index (χ1v) is 6.42. The van der Waals surface area contributed by atoms with Crippen molar-refractivity contribution in [2.75, 3.05) is 5.32 Å². The van der Waals surface area contributed by atoms with E-state index in [1.807, 2.05) is 6.92 Å². The smallest absolute Gasteiger partial charge is 0.344 e. The van der Waals surface area contributed by atoms with Crippen molar-refractivity contribution in [2.24, 2.45) is 7.05 Å². The maximum Gasteiger partial charge on any atom is 0.419 e. The Morgan fingerprint density at radius 2 is 1.82 bits per heavy atom. The Labute approximate surface area is 124 Å². The van der Waals surface area contributed by atoms with Gasteiger partial charge < -0.3 is 9.88 Å². The van der Waals surface area contributed by atoms with E-state index in [4.69, 9.17) is 0 Å². The van der Waals surface area contributed by atoms with Crippen molar-refractivity contribution in [3.05, 3.63) is 52.6 Å². The molecule has 3 nitrogen and oxygen atoms in total. The maximum atomic E-state index is 13.2. The van der Waals surface area contributed by atoms with Gasteiger partial charge in [-0.05, 0) is 43.7 Å². The molecule has 0 unspecified atom stereocenters. The standard InChI is InChI=1S/C15H14F4N2O/c1-8-6-9(2)21(3)13(8)14(22)20-10-4-5-12(16)11(7-10)15(17,18)19/h4-7H,1-3H3,(H,20,22). The molecule has 0 aliphatic rings. The highest BCUT2D eigenvalue weighted by molar-refractivity contribution is 6.04. The van der Waals surface area contributed by atoms with Gasteiger partial charge in [-0.15, -0.1) is 0 Å². The Kier molecular flexibility index (Phi) is 4.00. The Hall–Kier alpha value is -2.31. The summed E-state index contributed by atoms with van der Waals surface area (Å²) in [4.78, 5) is 12.2. The van der Waals surface area contributed by atoms with Gasteiger partial charge in [0.1, 0.15) is 11.5 Å². The average molecular weight is 314 g/mol. The van der Waals surface area contributed by atoms with Crippen LogP contribution in [0.1, 0.15) is 27.3 Å². The predicted molar refractivity (Wildman–Crippen MR) is 74.2 cm³/mol. The molecule has 2 rings (SSSR count). The predicted octanol–water partition coefficient (Wildman–Crippen LogP) is 4.05. The largest absolute Gasteiger partial charge is 0.419 e. The molecule has 1 N–H and O–H groups in total. The number of aryl methyl sites for hydroxylation is 2. The van der Waals surface area contributed by atoms with Gasteiger partial charge in [0, 0.05) is 18.4 Å². The number of hydrogen-bond donors (Lipinski definition) is 1. The van der Waals surface area contributed by atoms with Crippen LogP contribution in [0.5, 0.6) is 0 Å². The lowest BCUT2D eigenvalue weighted by atomic mass is 10.1. The highest BCUT2D eigenvalue weighted by Gasteiger charge is 2.34. The van der Waals surface area contributed by atoms with Crippen LogP contribution in [0.15, 0.2) is 24.3 Å². The fourth-order valence-electron chi connectivity index (χ4n) is 2.26. The zero-order valence-electron chi connectivity index (χ0n) is 12.2. The van der Waals surface area contributed by atoms with Crippen LogP contribution in [0.2, 0.25) is 0 Å². The van der Waals surface area contributed by atoms with Crippen LogP contribution < -0.4 is 5.32 Å². The summed E-state index contributed by atoms with van der Waals surface area (Å²) in [5.41, 5.74) is 0.367. The number of rotatable bonds is 2. The lowest BCUT2D eigenvalue weighted by molar-refractivity contribution is -0.139. The van der Waals surface area contributed by atoms with Crippen molar-refractivity contribution in [2.45, 2.75) is 20.0 Å². The second kappa shape index (κ2) is 5.47. The molecule has 0 radical (unpaired) electrons. The number of hydrogen-bond acceptors (Lipinski definition) is 1. The molecule has 0 saturated carbocycles. The van der Waals surface area contributed by atoms with Crippen molar-refractivity contribution < 1.29 is 22.4 Å². The van der Waals surface area contributed by atoms with Gasteiger partial charge in [0.15, 0.2) is 0 Å². The van der Waals surface area contributed by atoms with Gasteiger partial charge in [-0.25, -0.2) is 4.39 Å². The van der Waals surface area contributed by atoms with Crippen molar-refractivity contribution in [1.82, 2.24) is 4.57 Å². The van der Waals surface area contributed by atoms with Gasteiger partial charge in [0.05, 0.1) is 5.56 Å². The minimum absolute atomic E-state index is 0.114. The maximum absolute atomic E-state index is 13.2. The molecule has 0 fully saturated rings. The average Bonchev–Trinajstić information content (AvgIpc) is 2.64. The Morgan fingerprint density at radius 1 is 1.18 bits per heavy atom. The molecule has 1 aromatic heterocycles. The summed E-state index contributed by atoms with van der Waals surface area (Å²) in [5.74, 6) is -1.93. The zero-order chi connectivity index (χ0) is 16.7. The van der Waals surface area contributed by atoms with E-state index in [2.05, 4.69) is 5.32 Å². The van der Waals surface area contributed by atoms with Gasteiger partial charge in [-0.3, -0.25) is 4.79 Å². The third kappa shape index (κ3) is 2.98. The lowest BCUT2D eigenvalue weighted by Crippen LogP contribution is -2.18. The summed E-state index contributed by atoms with van der Waals surface area (Å²) in [6, 6.07) is 4.15. The molecule has 1 aromatic carbocycles. The van der Waals surface area contributed by atoms with E-state index in [1.165, 1.54) is 0 Å². The monoisotopic (exact) mass is 314 g/mol. The molecule has 0 aliphatic heterocycles. The quantitative estimate of drug-likeness (QED) is 0.834. The molecule has 1 amide bonds. The first kappa shape index (κ1) is 16.1. The summed E-state index contributed by atoms with van der Waals surface area (Å²) in [5, 5.41) is 2.37. The van der Waals surface area contributed by atoms with Crippen molar-refractivity contribution in [3.63, 3.8) is 0 Å². The van der Waals surface area contributed by atoms with E-state index in [9.17, 15) is 22.4 Å². The minimum Gasteiger partial charge on any atom is -0.344 e. The number of nitrogens with one attached hydrogen (secondary N) is 1. The number of nitrogens with zero attached hydrogens (tertiary/aromatic N) is 1. The second-order valence-electron chi connectivity index (χ2n) is 5.02. The van der Waals surface area contributed by atoms with E-state index in [-0.39, 0.29) is 5.69 Å². The van der Waals surface area contributed by atoms with E-state index >= 15 is 0 Å². The van der Waals surface area contributed by atoms with Crippen LogP contribution in [0.3, 0.4) is 0 Å². The molecule has 2 aromatic rings. The van der Waals surface area contributed by atoms with Gasteiger partial charge in [-0.1, -0.05) is 0 Å². The Balaban J connectivity index is 2.33. The molecule has 0 spiro atoms. The van der Waals surface area contributed by atoms with Crippen molar-refractivity contribution >= 4 is 11.6 Å². The van der Waals surface area contributed by atoms with Crippen LogP contribution in [0.25, 0.3) is 0 Å². The summed E-state index contributed by atoms with van der Waals surface area (Å²) < 4.78 is 52.8. The van der Waals surface area contributed by atoms with E-state index in [0.717, 1.165) is 11.8 Å². The van der Waals surface area contributed by atoms with Crippen molar-refractivity contribution in [3.8, 4) is 0 Å². The fourth-order valence-corrected chi connectivity index (χ4v) is 2.26. The number of aromatic nitrogens is 1. The number of carbonyl (C=O) groups is 1. The topological polar surface area (TPSA) is 34.0 Å². The normalized spacial score (nSPS) is 11.6. The molecule has 118 valence electrons. The highest BCUT2D eigenvalue weighted by Crippen LogP contribution is 2.33. The minimum atomic E-state index is -4.82. The number of carbonyl (C=O) groups excluding carboxylic acids is 1. The van der Waals surface area contributed by atoms with Crippen LogP contribution >= 0.6 is 0 Å². The van der Waals surface area contributed by atoms with Crippen LogP contribution in [-0.2, 0) is 13.2 Å². The molecule has 7 heteroatoms. The molecular weight excluding hydrogens is 300 g/mol. The van der Waals surface area contributed by atoms with Crippen molar-refractivity contribution in [1.29, 1.82) is 0 Å². The summed E-state index contributed by atoms with van der Waals surface area (Å²) >= 11 is 0. The second-order valence-corrected chi connectivity index (χ2v) is 5.02. The molecule has 0 bridgehead atoms. The van der Waals surface area contributed by atoms with E-state index in [0.29, 0.717) is 23.4 Å². The van der Waals surface area contributed by atoms with Gasteiger partial charge >= 0.3 is 6.18 Å². The molecule has 0 atom stereocenters. The van der Waals surface area contributed by atoms with Gasteiger partial charge in [-0.2, -0.15) is 13.2 Å². The summed E-state index contributed by atoms with van der Waals surface area (Å²) in [6.07, 6.45) is -4.82. The number of halogens is 4. The third-order valence-electron chi connectivity index (χ3n) is 3.41. The highest BCUT2D eigenvalue weighted by atomic mass is 19.4. The van der Waals surface area contributed by atoms with Gasteiger partial charge in [0.25, 0.3) is 5.91 Å². The van der Waals surface area contributed by atoms with Gasteiger partial charge in [0.2, 0.25) is 0 Å². The molecule has 1 heterocycles. The molecule has 0 aliphatic carbocycles. The number of amides is 1. The SMILES string of the molecule is Cc1cc(C)n(C)c1C(=O)Nc1ccc(F)c(C(F)(F)F)c1. The first-order chi connectivity index (χ1) is 10.1. The molecule has 0 saturated heterocycles. The summed E-state index contributed by atoms with van der Waals surface area (Å²) in [7, 11) is 1.68. The van der Waals surface area contributed by atoms with Crippen LogP contribution in [0, 0.1) is 19.7 Å². The first-order valence-electron chi connectivity index (χ1n) is 6.42. The fraction of sp³-hybridized carbons (Fsp3) is 0.267. The third-order valence-corrected chi connectivity index (χ3v) is 3.41. The number of anilines is 1. The zero-order valence-corrected chi connectivity index (χ0v) is 12.2. The molecule has 22 heavy (non-hydrogen) atoms. The Bertz CT molecular complexity index is 732.